The van der Waals surface area contributed by atoms with Crippen LogP contribution in [0.5, 0.6) is 5.75 Å². The van der Waals surface area contributed by atoms with E-state index in [2.05, 4.69) is 19.2 Å². The molecular weight excluding hydrogens is 290 g/mol. The van der Waals surface area contributed by atoms with Crippen LogP contribution in [-0.4, -0.2) is 24.7 Å². The molecule has 1 N–H and O–H groups in total. The highest BCUT2D eigenvalue weighted by Crippen LogP contribution is 2.23. The second-order valence-electron chi connectivity index (χ2n) is 5.95. The number of benzene rings is 1. The van der Waals surface area contributed by atoms with Gasteiger partial charge in [-0.1, -0.05) is 33.1 Å². The van der Waals surface area contributed by atoms with E-state index in [0.717, 1.165) is 43.5 Å². The largest absolute Gasteiger partial charge is 0.494 e. The molecule has 0 saturated carbocycles. The fraction of sp³-hybridized carbons (Fsp3) is 0.632. The zero-order valence-electron chi connectivity index (χ0n) is 15.0. The Morgan fingerprint density at radius 2 is 1.78 bits per heavy atom. The van der Waals surface area contributed by atoms with Crippen LogP contribution in [0.25, 0.3) is 0 Å². The van der Waals surface area contributed by atoms with Crippen LogP contribution in [0.15, 0.2) is 24.3 Å². The Labute approximate surface area is 140 Å². The van der Waals surface area contributed by atoms with Gasteiger partial charge in [-0.3, -0.25) is 4.79 Å². The zero-order valence-corrected chi connectivity index (χ0v) is 15.0. The van der Waals surface area contributed by atoms with Crippen molar-refractivity contribution < 1.29 is 14.3 Å². The number of hydrogen-bond acceptors (Lipinski definition) is 3. The average Bonchev–Trinajstić information content (AvgIpc) is 2.54. The highest BCUT2D eigenvalue weighted by atomic mass is 16.5. The summed E-state index contributed by atoms with van der Waals surface area (Å²) in [6.07, 6.45) is 4.94. The molecule has 130 valence electrons. The number of nitrogens with one attached hydrogen (secondary N) is 1. The molecule has 0 radical (unpaired) electrons. The highest BCUT2D eigenvalue weighted by Gasteiger charge is 2.33. The van der Waals surface area contributed by atoms with Gasteiger partial charge in [0.05, 0.1) is 6.61 Å². The molecule has 1 rings (SSSR count). The molecule has 1 aromatic carbocycles. The summed E-state index contributed by atoms with van der Waals surface area (Å²) in [6.45, 7) is 9.25. The van der Waals surface area contributed by atoms with E-state index >= 15 is 0 Å². The van der Waals surface area contributed by atoms with Crippen molar-refractivity contribution in [3.8, 4) is 5.75 Å². The lowest BCUT2D eigenvalue weighted by atomic mass is 9.96. The van der Waals surface area contributed by atoms with Crippen LogP contribution in [-0.2, 0) is 9.53 Å². The highest BCUT2D eigenvalue weighted by molar-refractivity contribution is 5.97. The van der Waals surface area contributed by atoms with E-state index in [4.69, 9.17) is 9.47 Å². The van der Waals surface area contributed by atoms with E-state index in [-0.39, 0.29) is 5.91 Å². The summed E-state index contributed by atoms with van der Waals surface area (Å²) in [5.41, 5.74) is -0.0123. The number of rotatable bonds is 11. The first-order valence-electron chi connectivity index (χ1n) is 8.74. The minimum Gasteiger partial charge on any atom is -0.494 e. The summed E-state index contributed by atoms with van der Waals surface area (Å²) in [4.78, 5) is 12.6. The first kappa shape index (κ1) is 19.5. The summed E-state index contributed by atoms with van der Waals surface area (Å²) in [5, 5.41) is 2.96. The van der Waals surface area contributed by atoms with Gasteiger partial charge in [0.1, 0.15) is 11.4 Å². The van der Waals surface area contributed by atoms with Crippen LogP contribution in [0.2, 0.25) is 0 Å². The Balaban J connectivity index is 2.66. The Bertz CT molecular complexity index is 458. The molecule has 0 aliphatic rings. The molecule has 0 saturated heterocycles. The van der Waals surface area contributed by atoms with E-state index in [0.29, 0.717) is 13.2 Å². The lowest BCUT2D eigenvalue weighted by Gasteiger charge is -2.28. The van der Waals surface area contributed by atoms with Gasteiger partial charge in [0, 0.05) is 12.3 Å². The number of hydrogen-bond donors (Lipinski definition) is 1. The van der Waals surface area contributed by atoms with Crippen molar-refractivity contribution in [2.24, 2.45) is 0 Å². The number of anilines is 1. The third-order valence-corrected chi connectivity index (χ3v) is 3.79. The van der Waals surface area contributed by atoms with E-state index in [1.165, 1.54) is 0 Å². The van der Waals surface area contributed by atoms with Crippen LogP contribution in [0.4, 0.5) is 5.69 Å². The Kier molecular flexibility index (Phi) is 8.70. The van der Waals surface area contributed by atoms with Gasteiger partial charge in [-0.15, -0.1) is 0 Å². The van der Waals surface area contributed by atoms with Gasteiger partial charge < -0.3 is 14.8 Å². The summed E-state index contributed by atoms with van der Waals surface area (Å²) in [5.74, 6) is 0.734. The second-order valence-corrected chi connectivity index (χ2v) is 5.95. The number of ether oxygens (including phenoxy) is 2. The van der Waals surface area contributed by atoms with Gasteiger partial charge >= 0.3 is 0 Å². The third-order valence-electron chi connectivity index (χ3n) is 3.79. The van der Waals surface area contributed by atoms with Crippen LogP contribution in [0.3, 0.4) is 0 Å². The lowest BCUT2D eigenvalue weighted by Crippen LogP contribution is -2.42. The van der Waals surface area contributed by atoms with Gasteiger partial charge in [0.15, 0.2) is 0 Å². The Morgan fingerprint density at radius 3 is 2.35 bits per heavy atom. The summed E-state index contributed by atoms with van der Waals surface area (Å²) >= 11 is 0. The maximum atomic E-state index is 12.6. The molecule has 1 aromatic rings. The quantitative estimate of drug-likeness (QED) is 0.596. The van der Waals surface area contributed by atoms with E-state index in [1.54, 1.807) is 0 Å². The molecule has 0 aliphatic heterocycles. The summed E-state index contributed by atoms with van der Waals surface area (Å²) in [6, 6.07) is 7.48. The number of unbranched alkanes of at least 4 members (excludes halogenated alkanes) is 2. The van der Waals surface area contributed by atoms with Gasteiger partial charge in [-0.2, -0.15) is 0 Å². The van der Waals surface area contributed by atoms with Crippen LogP contribution in [0.1, 0.15) is 59.8 Å². The van der Waals surface area contributed by atoms with Crippen molar-refractivity contribution in [1.29, 1.82) is 0 Å². The molecule has 0 aromatic heterocycles. The molecule has 0 spiro atoms. The standard InChI is InChI=1S/C19H31NO3/c1-5-8-9-14-19(4,23-7-3)18(21)20-16-10-12-17(13-11-16)22-15-6-2/h10-13H,5-9,14-15H2,1-4H3,(H,20,21). The summed E-state index contributed by atoms with van der Waals surface area (Å²) in [7, 11) is 0. The number of amides is 1. The Morgan fingerprint density at radius 1 is 1.09 bits per heavy atom. The number of carbonyl (C=O) groups is 1. The van der Waals surface area contributed by atoms with Gasteiger partial charge in [0.2, 0.25) is 0 Å². The minimum absolute atomic E-state index is 0.0855. The topological polar surface area (TPSA) is 47.6 Å². The fourth-order valence-electron chi connectivity index (χ4n) is 2.40. The molecule has 23 heavy (non-hydrogen) atoms. The molecule has 0 heterocycles. The van der Waals surface area contributed by atoms with Crippen molar-refractivity contribution >= 4 is 11.6 Å². The fourth-order valence-corrected chi connectivity index (χ4v) is 2.40. The smallest absolute Gasteiger partial charge is 0.256 e. The van der Waals surface area contributed by atoms with Gasteiger partial charge in [-0.05, 0) is 51.0 Å². The second kappa shape index (κ2) is 10.3. The maximum Gasteiger partial charge on any atom is 0.256 e. The predicted octanol–water partition coefficient (Wildman–Crippen LogP) is 4.79. The summed E-state index contributed by atoms with van der Waals surface area (Å²) < 4.78 is 11.3. The van der Waals surface area contributed by atoms with Crippen LogP contribution in [0, 0.1) is 0 Å². The van der Waals surface area contributed by atoms with Crippen LogP contribution >= 0.6 is 0 Å². The molecular formula is C19H31NO3. The monoisotopic (exact) mass is 321 g/mol. The molecule has 1 atom stereocenters. The predicted molar refractivity (Wildman–Crippen MR) is 95.0 cm³/mol. The SMILES string of the molecule is CCCCCC(C)(OCC)C(=O)Nc1ccc(OCCC)cc1. The van der Waals surface area contributed by atoms with Crippen molar-refractivity contribution in [2.45, 2.75) is 65.4 Å². The maximum absolute atomic E-state index is 12.6. The zero-order chi connectivity index (χ0) is 17.1. The van der Waals surface area contributed by atoms with E-state index < -0.39 is 5.60 Å². The Hall–Kier alpha value is -1.55. The molecule has 4 nitrogen and oxygen atoms in total. The van der Waals surface area contributed by atoms with Crippen molar-refractivity contribution in [3.05, 3.63) is 24.3 Å². The molecule has 4 heteroatoms. The van der Waals surface area contributed by atoms with Crippen molar-refractivity contribution in [1.82, 2.24) is 0 Å². The first-order chi connectivity index (χ1) is 11.1. The molecule has 0 bridgehead atoms. The van der Waals surface area contributed by atoms with Crippen molar-refractivity contribution in [2.75, 3.05) is 18.5 Å². The third kappa shape index (κ3) is 6.61. The average molecular weight is 321 g/mol. The molecule has 0 aliphatic carbocycles. The molecule has 1 unspecified atom stereocenters. The molecule has 1 amide bonds. The van der Waals surface area contributed by atoms with Gasteiger partial charge in [0.25, 0.3) is 5.91 Å². The van der Waals surface area contributed by atoms with Crippen LogP contribution < -0.4 is 10.1 Å². The minimum atomic E-state index is -0.776. The molecule has 0 fully saturated rings. The first-order valence-corrected chi connectivity index (χ1v) is 8.74. The normalized spacial score (nSPS) is 13.4. The van der Waals surface area contributed by atoms with E-state index in [9.17, 15) is 4.79 Å². The number of carbonyl (C=O) groups excluding carboxylic acids is 1. The van der Waals surface area contributed by atoms with E-state index in [1.807, 2.05) is 38.1 Å². The van der Waals surface area contributed by atoms with Crippen molar-refractivity contribution in [3.63, 3.8) is 0 Å². The van der Waals surface area contributed by atoms with Gasteiger partial charge in [-0.25, -0.2) is 0 Å². The lowest BCUT2D eigenvalue weighted by molar-refractivity contribution is -0.139.